The molecule has 0 fully saturated rings. The second kappa shape index (κ2) is 13.2. The third-order valence-corrected chi connectivity index (χ3v) is 6.46. The first-order valence-corrected chi connectivity index (χ1v) is 12.6. The quantitative estimate of drug-likeness (QED) is 0.633. The van der Waals surface area contributed by atoms with Gasteiger partial charge >= 0.3 is 6.03 Å². The van der Waals surface area contributed by atoms with Gasteiger partial charge in [0.25, 0.3) is 5.91 Å². The number of fused-ring (bicyclic) bond motifs is 1. The summed E-state index contributed by atoms with van der Waals surface area (Å²) in [5.41, 5.74) is 1.99. The van der Waals surface area contributed by atoms with Crippen LogP contribution in [0.3, 0.4) is 0 Å². The van der Waals surface area contributed by atoms with Gasteiger partial charge in [0.1, 0.15) is 12.4 Å². The van der Waals surface area contributed by atoms with E-state index in [1.54, 1.807) is 43.5 Å². The van der Waals surface area contributed by atoms with Crippen LogP contribution in [0.25, 0.3) is 0 Å². The van der Waals surface area contributed by atoms with Crippen molar-refractivity contribution >= 4 is 17.6 Å². The molecule has 0 spiro atoms. The maximum absolute atomic E-state index is 13.4. The van der Waals surface area contributed by atoms with Crippen LogP contribution in [0, 0.1) is 5.92 Å². The van der Waals surface area contributed by atoms with Crippen LogP contribution in [0.1, 0.15) is 43.2 Å². The summed E-state index contributed by atoms with van der Waals surface area (Å²) < 4.78 is 12.1. The molecule has 1 aliphatic heterocycles. The van der Waals surface area contributed by atoms with Crippen molar-refractivity contribution < 1.29 is 19.1 Å². The number of carbonyl (C=O) groups is 2. The number of anilines is 1. The van der Waals surface area contributed by atoms with E-state index < -0.39 is 0 Å². The van der Waals surface area contributed by atoms with E-state index in [9.17, 15) is 9.59 Å². The van der Waals surface area contributed by atoms with E-state index >= 15 is 0 Å². The van der Waals surface area contributed by atoms with Gasteiger partial charge in [-0.3, -0.25) is 14.7 Å². The lowest BCUT2D eigenvalue weighted by Gasteiger charge is -2.35. The van der Waals surface area contributed by atoms with Crippen molar-refractivity contribution in [3.8, 4) is 5.75 Å². The first kappa shape index (κ1) is 27.4. The van der Waals surface area contributed by atoms with Crippen LogP contribution in [0.2, 0.25) is 0 Å². The van der Waals surface area contributed by atoms with Gasteiger partial charge in [0.05, 0.1) is 17.4 Å². The number of nitrogens with one attached hydrogen (secondary N) is 2. The topological polar surface area (TPSA) is 96.0 Å². The van der Waals surface area contributed by atoms with E-state index in [0.29, 0.717) is 43.2 Å². The molecule has 0 saturated heterocycles. The molecule has 3 rings (SSSR count). The standard InChI is InChI=1S/C27H39N5O4/c1-6-12-29-27(34)30-21-10-11-23-24(14-21)36-18-20(3)32(16-22-9-7-8-13-28-22)15-19(2)25(35-5)17-31(4)26(23)33/h7-11,13-14,19-20,25H,6,12,15-18H2,1-5H3,(H2,29,30,34)/t19-,20-,25-/m1/s1. The first-order valence-electron chi connectivity index (χ1n) is 12.6. The van der Waals surface area contributed by atoms with Crippen LogP contribution >= 0.6 is 0 Å². The predicted octanol–water partition coefficient (Wildman–Crippen LogP) is 3.62. The zero-order valence-electron chi connectivity index (χ0n) is 22.0. The molecule has 1 aromatic heterocycles. The van der Waals surface area contributed by atoms with Gasteiger partial charge in [0, 0.05) is 64.3 Å². The number of pyridine rings is 1. The Labute approximate surface area is 214 Å². The highest BCUT2D eigenvalue weighted by molar-refractivity contribution is 5.98. The molecule has 9 heteroatoms. The van der Waals surface area contributed by atoms with Crippen LogP contribution in [0.4, 0.5) is 10.5 Å². The van der Waals surface area contributed by atoms with Crippen LogP contribution in [-0.4, -0.2) is 79.3 Å². The minimum absolute atomic E-state index is 0.0385. The van der Waals surface area contributed by atoms with Crippen LogP contribution in [-0.2, 0) is 11.3 Å². The van der Waals surface area contributed by atoms with E-state index in [1.165, 1.54) is 0 Å². The van der Waals surface area contributed by atoms with Gasteiger partial charge in [-0.05, 0) is 43.5 Å². The number of benzene rings is 1. The van der Waals surface area contributed by atoms with Gasteiger partial charge < -0.3 is 25.0 Å². The van der Waals surface area contributed by atoms with E-state index in [4.69, 9.17) is 9.47 Å². The average Bonchev–Trinajstić information content (AvgIpc) is 2.88. The third-order valence-electron chi connectivity index (χ3n) is 6.46. The van der Waals surface area contributed by atoms with Gasteiger partial charge in [-0.1, -0.05) is 19.9 Å². The van der Waals surface area contributed by atoms with E-state index in [0.717, 1.165) is 18.7 Å². The zero-order chi connectivity index (χ0) is 26.1. The second-order valence-electron chi connectivity index (χ2n) is 9.44. The summed E-state index contributed by atoms with van der Waals surface area (Å²) in [7, 11) is 3.46. The molecule has 36 heavy (non-hydrogen) atoms. The molecule has 0 radical (unpaired) electrons. The lowest BCUT2D eigenvalue weighted by atomic mass is 10.0. The molecule has 3 atom stereocenters. The number of hydrogen-bond acceptors (Lipinski definition) is 6. The molecule has 2 aromatic rings. The molecule has 9 nitrogen and oxygen atoms in total. The van der Waals surface area contributed by atoms with Gasteiger partial charge in [-0.15, -0.1) is 0 Å². The Bertz CT molecular complexity index is 1000. The van der Waals surface area contributed by atoms with Gasteiger partial charge in [0.15, 0.2) is 0 Å². The summed E-state index contributed by atoms with van der Waals surface area (Å²) in [5.74, 6) is 0.454. The number of methoxy groups -OCH3 is 1. The number of carbonyl (C=O) groups excluding carboxylic acids is 2. The SMILES string of the molecule is CCCNC(=O)Nc1ccc2c(c1)OC[C@@H](C)N(Cc1ccccn1)C[C@@H](C)[C@H](OC)CN(C)C2=O. The fourth-order valence-corrected chi connectivity index (χ4v) is 4.26. The number of aromatic nitrogens is 1. The monoisotopic (exact) mass is 497 g/mol. The Morgan fingerprint density at radius 1 is 1.22 bits per heavy atom. The summed E-state index contributed by atoms with van der Waals surface area (Å²) in [6, 6.07) is 10.8. The average molecular weight is 498 g/mol. The van der Waals surface area contributed by atoms with Crippen LogP contribution < -0.4 is 15.4 Å². The summed E-state index contributed by atoms with van der Waals surface area (Å²) in [5, 5.41) is 5.61. The molecular formula is C27H39N5O4. The molecular weight excluding hydrogens is 458 g/mol. The van der Waals surface area contributed by atoms with Crippen molar-refractivity contribution in [2.75, 3.05) is 45.7 Å². The van der Waals surface area contributed by atoms with Crippen molar-refractivity contribution in [2.24, 2.45) is 5.92 Å². The minimum atomic E-state index is -0.291. The number of nitrogens with zero attached hydrogens (tertiary/aromatic N) is 3. The van der Waals surface area contributed by atoms with Crippen LogP contribution in [0.5, 0.6) is 5.75 Å². The first-order chi connectivity index (χ1) is 17.3. The van der Waals surface area contributed by atoms with Gasteiger partial charge in [0.2, 0.25) is 0 Å². The Kier molecular flexibility index (Phi) is 10.1. The predicted molar refractivity (Wildman–Crippen MR) is 140 cm³/mol. The van der Waals surface area contributed by atoms with Crippen molar-refractivity contribution in [2.45, 2.75) is 45.9 Å². The zero-order valence-corrected chi connectivity index (χ0v) is 22.0. The third kappa shape index (κ3) is 7.41. The summed E-state index contributed by atoms with van der Waals surface area (Å²) in [6.45, 7) is 9.07. The van der Waals surface area contributed by atoms with Gasteiger partial charge in [-0.25, -0.2) is 4.79 Å². The Morgan fingerprint density at radius 3 is 2.72 bits per heavy atom. The lowest BCUT2D eigenvalue weighted by Crippen LogP contribution is -2.46. The van der Waals surface area contributed by atoms with Crippen molar-refractivity contribution in [1.29, 1.82) is 0 Å². The molecule has 196 valence electrons. The number of hydrogen-bond donors (Lipinski definition) is 2. The second-order valence-corrected chi connectivity index (χ2v) is 9.44. The molecule has 2 heterocycles. The highest BCUT2D eigenvalue weighted by Crippen LogP contribution is 2.27. The maximum Gasteiger partial charge on any atom is 0.319 e. The number of rotatable bonds is 6. The van der Waals surface area contributed by atoms with Crippen molar-refractivity contribution in [3.63, 3.8) is 0 Å². The van der Waals surface area contributed by atoms with E-state index in [-0.39, 0.29) is 30.0 Å². The fourth-order valence-electron chi connectivity index (χ4n) is 4.26. The van der Waals surface area contributed by atoms with Crippen molar-refractivity contribution in [1.82, 2.24) is 20.1 Å². The Balaban J connectivity index is 1.90. The summed E-state index contributed by atoms with van der Waals surface area (Å²) in [4.78, 5) is 34.0. The molecule has 2 N–H and O–H groups in total. The Hall–Kier alpha value is -3.17. The summed E-state index contributed by atoms with van der Waals surface area (Å²) >= 11 is 0. The molecule has 0 aliphatic carbocycles. The largest absolute Gasteiger partial charge is 0.491 e. The summed E-state index contributed by atoms with van der Waals surface area (Å²) in [6.07, 6.45) is 2.51. The highest BCUT2D eigenvalue weighted by Gasteiger charge is 2.28. The molecule has 1 aromatic carbocycles. The fraction of sp³-hybridized carbons (Fsp3) is 0.519. The van der Waals surface area contributed by atoms with E-state index in [1.807, 2.05) is 25.1 Å². The molecule has 0 saturated carbocycles. The number of likely N-dealkylation sites (N-methyl/N-ethyl adjacent to an activating group) is 1. The van der Waals surface area contributed by atoms with Crippen molar-refractivity contribution in [3.05, 3.63) is 53.9 Å². The molecule has 1 aliphatic rings. The Morgan fingerprint density at radius 2 is 2.03 bits per heavy atom. The number of urea groups is 1. The molecule has 0 unspecified atom stereocenters. The normalized spacial score (nSPS) is 21.5. The number of ether oxygens (including phenoxy) is 2. The van der Waals surface area contributed by atoms with E-state index in [2.05, 4.69) is 34.4 Å². The molecule has 0 bridgehead atoms. The highest BCUT2D eigenvalue weighted by atomic mass is 16.5. The maximum atomic E-state index is 13.4. The number of amides is 3. The minimum Gasteiger partial charge on any atom is -0.491 e. The molecule has 3 amide bonds. The van der Waals surface area contributed by atoms with Crippen LogP contribution in [0.15, 0.2) is 42.6 Å². The lowest BCUT2D eigenvalue weighted by molar-refractivity contribution is 0.00901. The van der Waals surface area contributed by atoms with Gasteiger partial charge in [-0.2, -0.15) is 0 Å². The smallest absolute Gasteiger partial charge is 0.319 e.